The summed E-state index contributed by atoms with van der Waals surface area (Å²) in [6, 6.07) is 0. The number of rotatable bonds is 3. The van der Waals surface area contributed by atoms with Crippen molar-refractivity contribution >= 4 is 0 Å². The van der Waals surface area contributed by atoms with Crippen LogP contribution in [-0.4, -0.2) is 22.9 Å². The molecule has 1 aliphatic rings. The molecule has 0 saturated carbocycles. The van der Waals surface area contributed by atoms with Gasteiger partial charge in [0, 0.05) is 18.3 Å². The zero-order chi connectivity index (χ0) is 9.80. The minimum Gasteiger partial charge on any atom is -0.317 e. The Labute approximate surface area is 83.3 Å². The molecule has 2 heterocycles. The van der Waals surface area contributed by atoms with E-state index in [9.17, 15) is 4.39 Å². The van der Waals surface area contributed by atoms with Crippen LogP contribution in [0.4, 0.5) is 4.39 Å². The van der Waals surface area contributed by atoms with Crippen molar-refractivity contribution < 1.29 is 4.39 Å². The fourth-order valence-corrected chi connectivity index (χ4v) is 1.90. The number of hydrogen-bond donors (Lipinski definition) is 1. The number of alkyl halides is 1. The van der Waals surface area contributed by atoms with Gasteiger partial charge >= 0.3 is 0 Å². The molecule has 0 bridgehead atoms. The van der Waals surface area contributed by atoms with E-state index in [2.05, 4.69) is 10.4 Å². The Morgan fingerprint density at radius 3 is 2.93 bits per heavy atom. The lowest BCUT2D eigenvalue weighted by Gasteiger charge is -2.22. The van der Waals surface area contributed by atoms with Gasteiger partial charge in [0.05, 0.1) is 6.20 Å². The maximum Gasteiger partial charge on any atom is 0.118 e. The normalized spacial score (nSPS) is 18.6. The van der Waals surface area contributed by atoms with Gasteiger partial charge in [0.1, 0.15) is 6.67 Å². The number of halogens is 1. The number of aromatic nitrogens is 2. The van der Waals surface area contributed by atoms with Crippen LogP contribution in [0.15, 0.2) is 12.4 Å². The SMILES string of the molecule is FCc1cnn(CC2CCNCC2)c1. The first-order chi connectivity index (χ1) is 6.88. The molecule has 2 rings (SSSR count). The maximum atomic E-state index is 12.3. The van der Waals surface area contributed by atoms with E-state index in [0.717, 1.165) is 19.6 Å². The molecule has 1 aromatic heterocycles. The zero-order valence-corrected chi connectivity index (χ0v) is 8.25. The minimum absolute atomic E-state index is 0.410. The van der Waals surface area contributed by atoms with Crippen LogP contribution in [0, 0.1) is 5.92 Å². The Hall–Kier alpha value is -0.900. The lowest BCUT2D eigenvalue weighted by atomic mass is 9.98. The average molecular weight is 197 g/mol. The van der Waals surface area contributed by atoms with Crippen molar-refractivity contribution in [2.45, 2.75) is 26.1 Å². The van der Waals surface area contributed by atoms with Crippen LogP contribution in [-0.2, 0) is 13.2 Å². The second-order valence-electron chi connectivity index (χ2n) is 3.90. The first kappa shape index (κ1) is 9.65. The van der Waals surface area contributed by atoms with Crippen LogP contribution in [0.25, 0.3) is 0 Å². The molecule has 14 heavy (non-hydrogen) atoms. The van der Waals surface area contributed by atoms with Crippen molar-refractivity contribution in [1.29, 1.82) is 0 Å². The summed E-state index contributed by atoms with van der Waals surface area (Å²) in [5.74, 6) is 0.698. The second-order valence-corrected chi connectivity index (χ2v) is 3.90. The Morgan fingerprint density at radius 2 is 2.29 bits per heavy atom. The fraction of sp³-hybridized carbons (Fsp3) is 0.700. The Kier molecular flexibility index (Phi) is 3.14. The maximum absolute atomic E-state index is 12.3. The van der Waals surface area contributed by atoms with Crippen molar-refractivity contribution in [3.8, 4) is 0 Å². The molecule has 3 nitrogen and oxygen atoms in total. The standard InChI is InChI=1S/C10H16FN3/c11-5-10-6-13-14(8-10)7-9-1-3-12-4-2-9/h6,8-9,12H,1-5,7H2. The van der Waals surface area contributed by atoms with Gasteiger partial charge in [-0.25, -0.2) is 4.39 Å². The van der Waals surface area contributed by atoms with Crippen LogP contribution >= 0.6 is 0 Å². The summed E-state index contributed by atoms with van der Waals surface area (Å²) in [6.07, 6.45) is 5.82. The summed E-state index contributed by atoms with van der Waals surface area (Å²) >= 11 is 0. The van der Waals surface area contributed by atoms with Gasteiger partial charge in [-0.1, -0.05) is 0 Å². The lowest BCUT2D eigenvalue weighted by Crippen LogP contribution is -2.29. The molecule has 0 aromatic carbocycles. The minimum atomic E-state index is -0.410. The Balaban J connectivity index is 1.89. The van der Waals surface area contributed by atoms with Gasteiger partial charge in [-0.15, -0.1) is 0 Å². The first-order valence-electron chi connectivity index (χ1n) is 5.16. The molecule has 0 amide bonds. The van der Waals surface area contributed by atoms with Gasteiger partial charge in [0.2, 0.25) is 0 Å². The predicted octanol–water partition coefficient (Wildman–Crippen LogP) is 1.35. The van der Waals surface area contributed by atoms with E-state index in [1.165, 1.54) is 12.8 Å². The van der Waals surface area contributed by atoms with Crippen molar-refractivity contribution in [3.05, 3.63) is 18.0 Å². The van der Waals surface area contributed by atoms with Gasteiger partial charge in [-0.3, -0.25) is 4.68 Å². The van der Waals surface area contributed by atoms with Crippen molar-refractivity contribution in [2.24, 2.45) is 5.92 Å². The molecule has 0 unspecified atom stereocenters. The van der Waals surface area contributed by atoms with Crippen LogP contribution in [0.3, 0.4) is 0 Å². The summed E-state index contributed by atoms with van der Waals surface area (Å²) < 4.78 is 14.1. The monoisotopic (exact) mass is 197 g/mol. The predicted molar refractivity (Wildman–Crippen MR) is 52.6 cm³/mol. The summed E-state index contributed by atoms with van der Waals surface area (Å²) in [7, 11) is 0. The van der Waals surface area contributed by atoms with Gasteiger partial charge in [-0.05, 0) is 31.8 Å². The third kappa shape index (κ3) is 2.32. The van der Waals surface area contributed by atoms with Gasteiger partial charge in [0.25, 0.3) is 0 Å². The summed E-state index contributed by atoms with van der Waals surface area (Å²) in [6.45, 7) is 2.72. The van der Waals surface area contributed by atoms with Crippen molar-refractivity contribution in [2.75, 3.05) is 13.1 Å². The summed E-state index contributed by atoms with van der Waals surface area (Å²) in [5, 5.41) is 7.46. The number of nitrogens with zero attached hydrogens (tertiary/aromatic N) is 2. The van der Waals surface area contributed by atoms with Gasteiger partial charge in [-0.2, -0.15) is 5.10 Å². The molecule has 0 aliphatic carbocycles. The largest absolute Gasteiger partial charge is 0.317 e. The molecule has 78 valence electrons. The number of piperidine rings is 1. The molecule has 0 radical (unpaired) electrons. The molecular formula is C10H16FN3. The highest BCUT2D eigenvalue weighted by molar-refractivity contribution is 5.01. The Morgan fingerprint density at radius 1 is 1.50 bits per heavy atom. The molecule has 1 aliphatic heterocycles. The quantitative estimate of drug-likeness (QED) is 0.792. The number of nitrogens with one attached hydrogen (secondary N) is 1. The first-order valence-corrected chi connectivity index (χ1v) is 5.16. The summed E-state index contributed by atoms with van der Waals surface area (Å²) in [4.78, 5) is 0. The highest BCUT2D eigenvalue weighted by Gasteiger charge is 2.13. The highest BCUT2D eigenvalue weighted by atomic mass is 19.1. The average Bonchev–Trinajstić information content (AvgIpc) is 2.67. The zero-order valence-electron chi connectivity index (χ0n) is 8.25. The van der Waals surface area contributed by atoms with Gasteiger partial charge < -0.3 is 5.32 Å². The van der Waals surface area contributed by atoms with Crippen molar-refractivity contribution in [1.82, 2.24) is 15.1 Å². The van der Waals surface area contributed by atoms with Crippen LogP contribution < -0.4 is 5.32 Å². The molecule has 1 N–H and O–H groups in total. The second kappa shape index (κ2) is 4.55. The molecule has 4 heteroatoms. The Bertz CT molecular complexity index is 279. The summed E-state index contributed by atoms with van der Waals surface area (Å²) in [5.41, 5.74) is 0.680. The smallest absolute Gasteiger partial charge is 0.118 e. The fourth-order valence-electron chi connectivity index (χ4n) is 1.90. The van der Waals surface area contributed by atoms with Crippen LogP contribution in [0.1, 0.15) is 18.4 Å². The van der Waals surface area contributed by atoms with E-state index in [4.69, 9.17) is 0 Å². The molecular weight excluding hydrogens is 181 g/mol. The molecule has 1 aromatic rings. The number of hydrogen-bond acceptors (Lipinski definition) is 2. The molecule has 1 saturated heterocycles. The molecule has 0 atom stereocenters. The van der Waals surface area contributed by atoms with Crippen molar-refractivity contribution in [3.63, 3.8) is 0 Å². The highest BCUT2D eigenvalue weighted by Crippen LogP contribution is 2.14. The third-order valence-corrected chi connectivity index (χ3v) is 2.75. The third-order valence-electron chi connectivity index (χ3n) is 2.75. The van der Waals surface area contributed by atoms with Crippen LogP contribution in [0.5, 0.6) is 0 Å². The van der Waals surface area contributed by atoms with Crippen LogP contribution in [0.2, 0.25) is 0 Å². The van der Waals surface area contributed by atoms with E-state index in [0.29, 0.717) is 11.5 Å². The van der Waals surface area contributed by atoms with Gasteiger partial charge in [0.15, 0.2) is 0 Å². The molecule has 1 fully saturated rings. The molecule has 0 spiro atoms. The van der Waals surface area contributed by atoms with E-state index in [1.54, 1.807) is 6.20 Å². The topological polar surface area (TPSA) is 29.9 Å². The van der Waals surface area contributed by atoms with E-state index in [-0.39, 0.29) is 0 Å². The van der Waals surface area contributed by atoms with E-state index < -0.39 is 6.67 Å². The van der Waals surface area contributed by atoms with E-state index >= 15 is 0 Å². The van der Waals surface area contributed by atoms with E-state index in [1.807, 2.05) is 10.9 Å². The lowest BCUT2D eigenvalue weighted by molar-refractivity contribution is 0.321.